The van der Waals surface area contributed by atoms with Crippen molar-refractivity contribution in [2.45, 2.75) is 6.29 Å². The minimum atomic E-state index is -1.68. The van der Waals surface area contributed by atoms with Crippen LogP contribution in [-0.4, -0.2) is 28.3 Å². The molecular formula is C8H8O5. The second-order valence-electron chi connectivity index (χ2n) is 2.59. The largest absolute Gasteiger partial charge is 0.481 e. The summed E-state index contributed by atoms with van der Waals surface area (Å²) in [5, 5.41) is 17.6. The molecule has 0 radical (unpaired) electrons. The van der Waals surface area contributed by atoms with Crippen molar-refractivity contribution in [2.24, 2.45) is 5.92 Å². The van der Waals surface area contributed by atoms with Crippen LogP contribution in [-0.2, 0) is 14.3 Å². The molecule has 1 fully saturated rings. The van der Waals surface area contributed by atoms with E-state index < -0.39 is 24.0 Å². The summed E-state index contributed by atoms with van der Waals surface area (Å²) in [6.07, 6.45) is -1.68. The van der Waals surface area contributed by atoms with E-state index in [9.17, 15) is 9.59 Å². The molecule has 1 aliphatic heterocycles. The van der Waals surface area contributed by atoms with Crippen molar-refractivity contribution in [3.63, 3.8) is 0 Å². The Labute approximate surface area is 73.9 Å². The molecule has 0 aliphatic carbocycles. The number of carbonyl (C=O) groups is 2. The Morgan fingerprint density at radius 1 is 1.46 bits per heavy atom. The molecule has 1 saturated heterocycles. The number of Topliss-reactive ketones (excluding diaryl/α,β-unsaturated/α-hetero) is 1. The predicted molar refractivity (Wildman–Crippen MR) is 41.5 cm³/mol. The first-order chi connectivity index (χ1) is 5.95. The average Bonchev–Trinajstić information content (AvgIpc) is 1.99. The van der Waals surface area contributed by atoms with Gasteiger partial charge < -0.3 is 14.9 Å². The fraction of sp³-hybridized carbons (Fsp3) is 0.250. The Hall–Kier alpha value is -1.62. The highest BCUT2D eigenvalue weighted by Gasteiger charge is 2.41. The fourth-order valence-electron chi connectivity index (χ4n) is 0.974. The van der Waals surface area contributed by atoms with E-state index in [0.29, 0.717) is 0 Å². The van der Waals surface area contributed by atoms with Crippen molar-refractivity contribution in [3.8, 4) is 0 Å². The topological polar surface area (TPSA) is 83.8 Å². The van der Waals surface area contributed by atoms with E-state index in [1.54, 1.807) is 0 Å². The Bertz CT molecular complexity index is 304. The normalized spacial score (nSPS) is 28.5. The van der Waals surface area contributed by atoms with Gasteiger partial charge in [0.05, 0.1) is 5.57 Å². The number of carbonyl (C=O) groups excluding carboxylic acids is 1. The Morgan fingerprint density at radius 3 is 2.46 bits per heavy atom. The number of ketones is 1. The van der Waals surface area contributed by atoms with E-state index >= 15 is 0 Å². The number of rotatable bonds is 1. The minimum Gasteiger partial charge on any atom is -0.481 e. The number of hydrogen-bond donors (Lipinski definition) is 2. The summed E-state index contributed by atoms with van der Waals surface area (Å²) in [5.74, 6) is -3.89. The lowest BCUT2D eigenvalue weighted by molar-refractivity contribution is -0.170. The molecule has 1 heterocycles. The molecule has 0 amide bonds. The smallest absolute Gasteiger partial charge is 0.320 e. The highest BCUT2D eigenvalue weighted by atomic mass is 16.6. The molecule has 1 aliphatic rings. The summed E-state index contributed by atoms with van der Waals surface area (Å²) in [6.45, 7) is 6.59. The number of hydrogen-bond acceptors (Lipinski definition) is 4. The number of aliphatic hydroxyl groups excluding tert-OH is 1. The summed E-state index contributed by atoms with van der Waals surface area (Å²) in [6, 6.07) is 0. The van der Waals surface area contributed by atoms with E-state index in [2.05, 4.69) is 17.9 Å². The standard InChI is InChI=1S/C8H8O5/c1-3-4(2)13-8(12)5(6(3)9)7(10)11/h5,8,12H,1-2H2,(H,10,11). The number of aliphatic carboxylic acids is 1. The Balaban J connectivity index is 2.99. The monoisotopic (exact) mass is 184 g/mol. The molecule has 5 nitrogen and oxygen atoms in total. The van der Waals surface area contributed by atoms with Crippen LogP contribution in [0.2, 0.25) is 0 Å². The van der Waals surface area contributed by atoms with E-state index in [1.165, 1.54) is 0 Å². The summed E-state index contributed by atoms with van der Waals surface area (Å²) in [7, 11) is 0. The van der Waals surface area contributed by atoms with Crippen LogP contribution in [0.3, 0.4) is 0 Å². The lowest BCUT2D eigenvalue weighted by atomic mass is 9.94. The first-order valence-corrected chi connectivity index (χ1v) is 3.45. The minimum absolute atomic E-state index is 0.0880. The molecule has 5 heteroatoms. The van der Waals surface area contributed by atoms with Crippen molar-refractivity contribution >= 4 is 11.8 Å². The van der Waals surface area contributed by atoms with Crippen LogP contribution >= 0.6 is 0 Å². The third-order valence-electron chi connectivity index (χ3n) is 1.73. The van der Waals surface area contributed by atoms with Gasteiger partial charge in [0.2, 0.25) is 6.29 Å². The van der Waals surface area contributed by atoms with Gasteiger partial charge in [-0.15, -0.1) is 0 Å². The molecule has 70 valence electrons. The zero-order valence-corrected chi connectivity index (χ0v) is 6.69. The van der Waals surface area contributed by atoms with Gasteiger partial charge in [0.1, 0.15) is 5.76 Å². The molecule has 0 saturated carbocycles. The zero-order chi connectivity index (χ0) is 10.2. The van der Waals surface area contributed by atoms with Crippen LogP contribution in [0, 0.1) is 5.92 Å². The molecule has 2 unspecified atom stereocenters. The first kappa shape index (κ1) is 9.47. The van der Waals surface area contributed by atoms with Crippen molar-refractivity contribution in [2.75, 3.05) is 0 Å². The summed E-state index contributed by atoms with van der Waals surface area (Å²) in [4.78, 5) is 21.7. The zero-order valence-electron chi connectivity index (χ0n) is 6.69. The van der Waals surface area contributed by atoms with Crippen LogP contribution in [0.4, 0.5) is 0 Å². The van der Waals surface area contributed by atoms with E-state index in [-0.39, 0.29) is 11.3 Å². The molecule has 13 heavy (non-hydrogen) atoms. The Morgan fingerprint density at radius 2 is 2.00 bits per heavy atom. The lowest BCUT2D eigenvalue weighted by Gasteiger charge is -2.26. The molecule has 1 rings (SSSR count). The van der Waals surface area contributed by atoms with Gasteiger partial charge in [-0.2, -0.15) is 0 Å². The number of aliphatic hydroxyl groups is 1. The van der Waals surface area contributed by atoms with Gasteiger partial charge in [0.15, 0.2) is 11.7 Å². The maximum Gasteiger partial charge on any atom is 0.320 e. The van der Waals surface area contributed by atoms with Crippen LogP contribution in [0.5, 0.6) is 0 Å². The molecule has 0 aromatic carbocycles. The molecule has 2 N–H and O–H groups in total. The molecule has 0 bridgehead atoms. The van der Waals surface area contributed by atoms with Crippen LogP contribution in [0.25, 0.3) is 0 Å². The summed E-state index contributed by atoms with van der Waals surface area (Å²) in [5.41, 5.74) is -0.113. The van der Waals surface area contributed by atoms with Crippen LogP contribution in [0.15, 0.2) is 24.5 Å². The third kappa shape index (κ3) is 1.46. The van der Waals surface area contributed by atoms with Crippen molar-refractivity contribution in [1.29, 1.82) is 0 Å². The van der Waals surface area contributed by atoms with Crippen LogP contribution < -0.4 is 0 Å². The quantitative estimate of drug-likeness (QED) is 0.430. The number of ether oxygens (including phenoxy) is 1. The number of carboxylic acid groups (broad SMARTS) is 1. The van der Waals surface area contributed by atoms with E-state index in [1.807, 2.05) is 0 Å². The number of carboxylic acids is 1. The highest BCUT2D eigenvalue weighted by molar-refractivity contribution is 6.10. The lowest BCUT2D eigenvalue weighted by Crippen LogP contribution is -2.41. The second kappa shape index (κ2) is 3.02. The van der Waals surface area contributed by atoms with E-state index in [4.69, 9.17) is 10.2 Å². The SMILES string of the molecule is C=C1OC(O)C(C(=O)O)C(=O)C1=C. The van der Waals surface area contributed by atoms with Gasteiger partial charge in [-0.05, 0) is 0 Å². The van der Waals surface area contributed by atoms with Crippen molar-refractivity contribution in [3.05, 3.63) is 24.5 Å². The summed E-state index contributed by atoms with van der Waals surface area (Å²) >= 11 is 0. The Kier molecular flexibility index (Phi) is 2.20. The van der Waals surface area contributed by atoms with Crippen molar-refractivity contribution < 1.29 is 24.5 Å². The van der Waals surface area contributed by atoms with Gasteiger partial charge in [0.25, 0.3) is 0 Å². The van der Waals surface area contributed by atoms with Gasteiger partial charge in [-0.3, -0.25) is 9.59 Å². The first-order valence-electron chi connectivity index (χ1n) is 3.45. The van der Waals surface area contributed by atoms with Crippen molar-refractivity contribution in [1.82, 2.24) is 0 Å². The van der Waals surface area contributed by atoms with Gasteiger partial charge in [0, 0.05) is 0 Å². The maximum atomic E-state index is 11.2. The molecule has 0 aromatic rings. The van der Waals surface area contributed by atoms with Gasteiger partial charge in [-0.25, -0.2) is 0 Å². The van der Waals surface area contributed by atoms with Crippen LogP contribution in [0.1, 0.15) is 0 Å². The third-order valence-corrected chi connectivity index (χ3v) is 1.73. The number of allylic oxidation sites excluding steroid dienone is 1. The van der Waals surface area contributed by atoms with E-state index in [0.717, 1.165) is 0 Å². The van der Waals surface area contributed by atoms with Gasteiger partial charge in [-0.1, -0.05) is 13.2 Å². The molecule has 0 spiro atoms. The molecule has 0 aromatic heterocycles. The average molecular weight is 184 g/mol. The highest BCUT2D eigenvalue weighted by Crippen LogP contribution is 2.25. The summed E-state index contributed by atoms with van der Waals surface area (Å²) < 4.78 is 4.60. The predicted octanol–water partition coefficient (Wildman–Crippen LogP) is -0.325. The molecular weight excluding hydrogens is 176 g/mol. The van der Waals surface area contributed by atoms with Gasteiger partial charge >= 0.3 is 5.97 Å². The second-order valence-corrected chi connectivity index (χ2v) is 2.59. The maximum absolute atomic E-state index is 11.2. The molecule has 2 atom stereocenters. The fourth-order valence-corrected chi connectivity index (χ4v) is 0.974.